The summed E-state index contributed by atoms with van der Waals surface area (Å²) in [7, 11) is 1.33. The molecule has 0 saturated carbocycles. The van der Waals surface area contributed by atoms with Crippen molar-refractivity contribution in [3.8, 4) is 6.07 Å². The highest BCUT2D eigenvalue weighted by Crippen LogP contribution is 2.19. The van der Waals surface area contributed by atoms with E-state index in [0.29, 0.717) is 52.1 Å². The summed E-state index contributed by atoms with van der Waals surface area (Å²) < 4.78 is 4.67. The standard InChI is InChI=1S/C16H22N4O5/c1-25-16(24)20-8-6-18(7-9-20)11-13(10-17)14(21)19-4-2-12(3-5-19)15(22)23/h11-12H,2-9H2,1H3,(H,22,23)/b13-11-. The lowest BCUT2D eigenvalue weighted by atomic mass is 9.97. The number of carboxylic acid groups (broad SMARTS) is 1. The van der Waals surface area contributed by atoms with E-state index in [-0.39, 0.29) is 17.6 Å². The van der Waals surface area contributed by atoms with Crippen molar-refractivity contribution in [2.45, 2.75) is 12.8 Å². The number of carbonyl (C=O) groups is 3. The number of nitrogens with zero attached hydrogens (tertiary/aromatic N) is 4. The maximum Gasteiger partial charge on any atom is 0.409 e. The highest BCUT2D eigenvalue weighted by Gasteiger charge is 2.29. The van der Waals surface area contributed by atoms with Crippen molar-refractivity contribution in [1.29, 1.82) is 5.26 Å². The van der Waals surface area contributed by atoms with Gasteiger partial charge in [-0.25, -0.2) is 4.79 Å². The topological polar surface area (TPSA) is 114 Å². The summed E-state index contributed by atoms with van der Waals surface area (Å²) in [4.78, 5) is 39.8. The first-order valence-electron chi connectivity index (χ1n) is 8.17. The van der Waals surface area contributed by atoms with Crippen molar-refractivity contribution in [2.24, 2.45) is 5.92 Å². The van der Waals surface area contributed by atoms with Gasteiger partial charge in [-0.3, -0.25) is 9.59 Å². The van der Waals surface area contributed by atoms with Crippen LogP contribution < -0.4 is 0 Å². The lowest BCUT2D eigenvalue weighted by molar-refractivity contribution is -0.145. The smallest absolute Gasteiger partial charge is 0.409 e. The van der Waals surface area contributed by atoms with Crippen LogP contribution in [0.15, 0.2) is 11.8 Å². The minimum atomic E-state index is -0.841. The molecule has 2 rings (SSSR count). The first-order chi connectivity index (χ1) is 12.0. The number of ether oxygens (including phenoxy) is 1. The summed E-state index contributed by atoms with van der Waals surface area (Å²) in [6.07, 6.45) is 1.94. The largest absolute Gasteiger partial charge is 0.481 e. The Balaban J connectivity index is 1.92. The molecule has 9 heteroatoms. The van der Waals surface area contributed by atoms with Crippen LogP contribution in [0.4, 0.5) is 4.79 Å². The van der Waals surface area contributed by atoms with E-state index in [1.165, 1.54) is 18.2 Å². The Hall–Kier alpha value is -2.76. The van der Waals surface area contributed by atoms with Crippen LogP contribution in [0.3, 0.4) is 0 Å². The highest BCUT2D eigenvalue weighted by molar-refractivity contribution is 5.97. The van der Waals surface area contributed by atoms with Crippen LogP contribution in [0.1, 0.15) is 12.8 Å². The van der Waals surface area contributed by atoms with Gasteiger partial charge in [-0.05, 0) is 12.8 Å². The number of carbonyl (C=O) groups excluding carboxylic acids is 2. The first-order valence-corrected chi connectivity index (χ1v) is 8.17. The summed E-state index contributed by atoms with van der Waals surface area (Å²) in [5.41, 5.74) is 0.0280. The van der Waals surface area contributed by atoms with Gasteiger partial charge < -0.3 is 24.5 Å². The zero-order valence-corrected chi connectivity index (χ0v) is 14.2. The van der Waals surface area contributed by atoms with Gasteiger partial charge in [-0.1, -0.05) is 0 Å². The average Bonchev–Trinajstić information content (AvgIpc) is 2.65. The number of likely N-dealkylation sites (tertiary alicyclic amines) is 1. The van der Waals surface area contributed by atoms with Crippen LogP contribution in [0.25, 0.3) is 0 Å². The number of piperazine rings is 1. The molecule has 0 unspecified atom stereocenters. The quantitative estimate of drug-likeness (QED) is 0.567. The Morgan fingerprint density at radius 2 is 1.68 bits per heavy atom. The summed E-state index contributed by atoms with van der Waals surface area (Å²) in [6, 6.07) is 1.93. The molecule has 2 saturated heterocycles. The number of carboxylic acids is 1. The number of hydrogen-bond donors (Lipinski definition) is 1. The van der Waals surface area contributed by atoms with Crippen LogP contribution in [-0.4, -0.2) is 84.2 Å². The molecule has 0 aromatic heterocycles. The number of nitriles is 1. The second kappa shape index (κ2) is 8.37. The zero-order valence-electron chi connectivity index (χ0n) is 14.2. The van der Waals surface area contributed by atoms with Crippen molar-refractivity contribution in [1.82, 2.24) is 14.7 Å². The van der Waals surface area contributed by atoms with Gasteiger partial charge in [0.1, 0.15) is 11.6 Å². The van der Waals surface area contributed by atoms with Crippen molar-refractivity contribution >= 4 is 18.0 Å². The molecule has 0 radical (unpaired) electrons. The third kappa shape index (κ3) is 4.62. The molecule has 0 bridgehead atoms. The first kappa shape index (κ1) is 18.6. The fourth-order valence-electron chi connectivity index (χ4n) is 2.98. The molecule has 2 aliphatic heterocycles. The number of methoxy groups -OCH3 is 1. The van der Waals surface area contributed by atoms with Gasteiger partial charge in [0.15, 0.2) is 0 Å². The normalized spacial score (nSPS) is 19.4. The van der Waals surface area contributed by atoms with Crippen molar-refractivity contribution in [2.75, 3.05) is 46.4 Å². The van der Waals surface area contributed by atoms with Gasteiger partial charge in [0, 0.05) is 45.5 Å². The second-order valence-corrected chi connectivity index (χ2v) is 6.05. The molecular formula is C16H22N4O5. The third-order valence-corrected chi connectivity index (χ3v) is 4.54. The van der Waals surface area contributed by atoms with Gasteiger partial charge in [-0.15, -0.1) is 0 Å². The molecule has 2 heterocycles. The number of aliphatic carboxylic acids is 1. The number of rotatable bonds is 3. The van der Waals surface area contributed by atoms with Gasteiger partial charge in [0.25, 0.3) is 5.91 Å². The van der Waals surface area contributed by atoms with E-state index in [0.717, 1.165) is 0 Å². The third-order valence-electron chi connectivity index (χ3n) is 4.54. The van der Waals surface area contributed by atoms with E-state index in [9.17, 15) is 19.6 Å². The van der Waals surface area contributed by atoms with E-state index >= 15 is 0 Å². The Morgan fingerprint density at radius 1 is 1.08 bits per heavy atom. The Bertz CT molecular complexity index is 596. The zero-order chi connectivity index (χ0) is 18.4. The highest BCUT2D eigenvalue weighted by atomic mass is 16.5. The fourth-order valence-corrected chi connectivity index (χ4v) is 2.98. The molecular weight excluding hydrogens is 328 g/mol. The van der Waals surface area contributed by atoms with Crippen LogP contribution >= 0.6 is 0 Å². The minimum absolute atomic E-state index is 0.0280. The maximum atomic E-state index is 12.5. The van der Waals surface area contributed by atoms with Crippen LogP contribution in [-0.2, 0) is 14.3 Å². The van der Waals surface area contributed by atoms with E-state index in [4.69, 9.17) is 5.11 Å². The van der Waals surface area contributed by atoms with Gasteiger partial charge in [-0.2, -0.15) is 5.26 Å². The Kier molecular flexibility index (Phi) is 6.22. The summed E-state index contributed by atoms with van der Waals surface area (Å²) in [5, 5.41) is 18.3. The summed E-state index contributed by atoms with van der Waals surface area (Å²) in [6.45, 7) is 2.61. The summed E-state index contributed by atoms with van der Waals surface area (Å²) in [5.74, 6) is -1.64. The predicted octanol–water partition coefficient (Wildman–Crippen LogP) is 0.101. The minimum Gasteiger partial charge on any atom is -0.481 e. The van der Waals surface area contributed by atoms with Gasteiger partial charge >= 0.3 is 12.1 Å². The number of amides is 2. The Morgan fingerprint density at radius 3 is 2.16 bits per heavy atom. The molecule has 2 aliphatic rings. The molecule has 0 aliphatic carbocycles. The molecule has 2 amide bonds. The van der Waals surface area contributed by atoms with Crippen LogP contribution in [0.2, 0.25) is 0 Å². The predicted molar refractivity (Wildman–Crippen MR) is 86.2 cm³/mol. The van der Waals surface area contributed by atoms with E-state index in [1.807, 2.05) is 11.0 Å². The molecule has 0 spiro atoms. The molecule has 1 N–H and O–H groups in total. The molecule has 0 aromatic carbocycles. The van der Waals surface area contributed by atoms with Crippen molar-refractivity contribution in [3.05, 3.63) is 11.8 Å². The van der Waals surface area contributed by atoms with E-state index in [1.54, 1.807) is 4.90 Å². The maximum absolute atomic E-state index is 12.5. The molecule has 2 fully saturated rings. The Labute approximate surface area is 146 Å². The van der Waals surface area contributed by atoms with Crippen molar-refractivity contribution < 1.29 is 24.2 Å². The monoisotopic (exact) mass is 350 g/mol. The van der Waals surface area contributed by atoms with Gasteiger partial charge in [0.2, 0.25) is 0 Å². The molecule has 136 valence electrons. The van der Waals surface area contributed by atoms with E-state index < -0.39 is 11.9 Å². The van der Waals surface area contributed by atoms with Crippen molar-refractivity contribution in [3.63, 3.8) is 0 Å². The molecule has 0 atom stereocenters. The average molecular weight is 350 g/mol. The summed E-state index contributed by atoms with van der Waals surface area (Å²) >= 11 is 0. The number of hydrogen-bond acceptors (Lipinski definition) is 6. The molecule has 9 nitrogen and oxygen atoms in total. The van der Waals surface area contributed by atoms with Gasteiger partial charge in [0.05, 0.1) is 13.0 Å². The lowest BCUT2D eigenvalue weighted by Crippen LogP contribution is -2.47. The van der Waals surface area contributed by atoms with Crippen LogP contribution in [0.5, 0.6) is 0 Å². The number of piperidine rings is 1. The second-order valence-electron chi connectivity index (χ2n) is 6.05. The van der Waals surface area contributed by atoms with E-state index in [2.05, 4.69) is 4.74 Å². The molecule has 0 aromatic rings. The molecule has 25 heavy (non-hydrogen) atoms. The lowest BCUT2D eigenvalue weighted by Gasteiger charge is -2.34. The van der Waals surface area contributed by atoms with Crippen LogP contribution in [0, 0.1) is 17.2 Å². The fraction of sp³-hybridized carbons (Fsp3) is 0.625. The SMILES string of the molecule is COC(=O)N1CCN(/C=C(/C#N)C(=O)N2CCC(C(=O)O)CC2)CC1.